The number of nitrogens with one attached hydrogen (secondary N) is 1. The molecule has 11 heteroatoms. The predicted octanol–water partition coefficient (Wildman–Crippen LogP) is 2.99. The van der Waals surface area contributed by atoms with E-state index in [0.29, 0.717) is 29.1 Å². The van der Waals surface area contributed by atoms with Gasteiger partial charge in [0.2, 0.25) is 5.82 Å². The summed E-state index contributed by atoms with van der Waals surface area (Å²) in [6.07, 6.45) is 6.95. The van der Waals surface area contributed by atoms with Crippen LogP contribution in [0.4, 0.5) is 5.69 Å². The number of nitrogens with zero attached hydrogens (tertiary/aromatic N) is 8. The number of tetrazole rings is 1. The molecule has 4 heterocycles. The highest BCUT2D eigenvalue weighted by molar-refractivity contribution is 6.09. The molecule has 0 aliphatic heterocycles. The van der Waals surface area contributed by atoms with Crippen molar-refractivity contribution in [3.8, 4) is 22.5 Å². The Morgan fingerprint density at radius 2 is 1.94 bits per heavy atom. The van der Waals surface area contributed by atoms with E-state index in [9.17, 15) is 4.79 Å². The first-order chi connectivity index (χ1) is 16.9. The molecule has 0 fully saturated rings. The van der Waals surface area contributed by atoms with E-state index < -0.39 is 0 Å². The molecule has 0 radical (unpaired) electrons. The Hall–Kier alpha value is -4.38. The lowest BCUT2D eigenvalue weighted by Crippen LogP contribution is -2.12. The summed E-state index contributed by atoms with van der Waals surface area (Å²) < 4.78 is 3.34. The number of amides is 1. The molecule has 0 aliphatic rings. The Labute approximate surface area is 201 Å². The highest BCUT2D eigenvalue weighted by atomic mass is 16.3. The molecule has 0 unspecified atom stereocenters. The number of pyridine rings is 1. The van der Waals surface area contributed by atoms with Gasteiger partial charge in [-0.05, 0) is 55.3 Å². The third kappa shape index (κ3) is 4.41. The summed E-state index contributed by atoms with van der Waals surface area (Å²) >= 11 is 0. The van der Waals surface area contributed by atoms with Crippen LogP contribution in [0.1, 0.15) is 35.8 Å². The lowest BCUT2D eigenvalue weighted by atomic mass is 10.1. The normalized spacial score (nSPS) is 11.5. The first-order valence-electron chi connectivity index (χ1n) is 11.3. The van der Waals surface area contributed by atoms with Crippen LogP contribution in [0.5, 0.6) is 0 Å². The van der Waals surface area contributed by atoms with Crippen LogP contribution in [0.3, 0.4) is 0 Å². The van der Waals surface area contributed by atoms with Gasteiger partial charge >= 0.3 is 0 Å². The molecular formula is C24H25N9O2. The van der Waals surface area contributed by atoms with Gasteiger partial charge in [0.15, 0.2) is 0 Å². The topological polar surface area (TPSA) is 128 Å². The smallest absolute Gasteiger partial charge is 0.259 e. The number of hydrogen-bond acceptors (Lipinski definition) is 7. The SMILES string of the molecule is Cc1ccc(-c2nnn(C(C)C)n2)cc1NC(=O)c1cnn2ccc(-c3cnn(CCO)c3)cc12. The van der Waals surface area contributed by atoms with Crippen LogP contribution in [0.25, 0.3) is 28.0 Å². The summed E-state index contributed by atoms with van der Waals surface area (Å²) in [5.74, 6) is 0.226. The van der Waals surface area contributed by atoms with Crippen LogP contribution in [0, 0.1) is 6.92 Å². The number of rotatable bonds is 7. The fourth-order valence-electron chi connectivity index (χ4n) is 3.72. The van der Waals surface area contributed by atoms with E-state index in [-0.39, 0.29) is 18.6 Å². The Balaban J connectivity index is 1.43. The molecule has 35 heavy (non-hydrogen) atoms. The largest absolute Gasteiger partial charge is 0.394 e. The number of benzene rings is 1. The van der Waals surface area contributed by atoms with Gasteiger partial charge in [-0.25, -0.2) is 4.52 Å². The first kappa shape index (κ1) is 22.4. The van der Waals surface area contributed by atoms with Crippen molar-refractivity contribution in [1.82, 2.24) is 39.6 Å². The fourth-order valence-corrected chi connectivity index (χ4v) is 3.72. The molecular weight excluding hydrogens is 446 g/mol. The molecule has 0 aliphatic carbocycles. The second-order valence-electron chi connectivity index (χ2n) is 8.53. The number of carbonyl (C=O) groups is 1. The fraction of sp³-hybridized carbons (Fsp3) is 0.250. The van der Waals surface area contributed by atoms with Gasteiger partial charge < -0.3 is 10.4 Å². The first-order valence-corrected chi connectivity index (χ1v) is 11.3. The number of carbonyl (C=O) groups excluding carboxylic acids is 1. The Kier molecular flexibility index (Phi) is 5.83. The van der Waals surface area contributed by atoms with E-state index in [4.69, 9.17) is 5.11 Å². The van der Waals surface area contributed by atoms with Crippen molar-refractivity contribution < 1.29 is 9.90 Å². The molecule has 2 N–H and O–H groups in total. The summed E-state index contributed by atoms with van der Waals surface area (Å²) in [7, 11) is 0. The minimum absolute atomic E-state index is 0.0138. The van der Waals surface area contributed by atoms with Gasteiger partial charge in [-0.2, -0.15) is 15.0 Å². The van der Waals surface area contributed by atoms with E-state index in [0.717, 1.165) is 22.3 Å². The lowest BCUT2D eigenvalue weighted by Gasteiger charge is -2.09. The van der Waals surface area contributed by atoms with Crippen molar-refractivity contribution in [3.05, 3.63) is 66.2 Å². The molecule has 178 valence electrons. The van der Waals surface area contributed by atoms with Crippen molar-refractivity contribution in [2.75, 3.05) is 11.9 Å². The average Bonchev–Trinajstić information content (AvgIpc) is 3.60. The Morgan fingerprint density at radius 1 is 1.09 bits per heavy atom. The lowest BCUT2D eigenvalue weighted by molar-refractivity contribution is 0.102. The van der Waals surface area contributed by atoms with E-state index in [1.165, 1.54) is 0 Å². The second kappa shape index (κ2) is 9.11. The molecule has 5 aromatic rings. The zero-order chi connectivity index (χ0) is 24.5. The maximum Gasteiger partial charge on any atom is 0.259 e. The van der Waals surface area contributed by atoms with Crippen molar-refractivity contribution >= 4 is 17.1 Å². The minimum Gasteiger partial charge on any atom is -0.394 e. The van der Waals surface area contributed by atoms with Gasteiger partial charge in [-0.3, -0.25) is 9.48 Å². The third-order valence-electron chi connectivity index (χ3n) is 5.70. The summed E-state index contributed by atoms with van der Waals surface area (Å²) in [5.41, 5.74) is 5.24. The number of aryl methyl sites for hydroxylation is 1. The molecule has 0 saturated carbocycles. The van der Waals surface area contributed by atoms with Crippen molar-refractivity contribution in [2.24, 2.45) is 0 Å². The summed E-state index contributed by atoms with van der Waals surface area (Å²) in [4.78, 5) is 14.8. The van der Waals surface area contributed by atoms with Crippen LogP contribution in [-0.2, 0) is 6.54 Å². The molecule has 0 bridgehead atoms. The predicted molar refractivity (Wildman–Crippen MR) is 130 cm³/mol. The molecule has 0 saturated heterocycles. The van der Waals surface area contributed by atoms with Gasteiger partial charge in [-0.15, -0.1) is 10.2 Å². The third-order valence-corrected chi connectivity index (χ3v) is 5.70. The van der Waals surface area contributed by atoms with Gasteiger partial charge in [-0.1, -0.05) is 12.1 Å². The highest BCUT2D eigenvalue weighted by Crippen LogP contribution is 2.26. The number of aliphatic hydroxyl groups is 1. The van der Waals surface area contributed by atoms with E-state index in [1.54, 1.807) is 32.6 Å². The molecule has 11 nitrogen and oxygen atoms in total. The summed E-state index contributed by atoms with van der Waals surface area (Å²) in [6, 6.07) is 9.59. The highest BCUT2D eigenvalue weighted by Gasteiger charge is 2.17. The molecule has 1 amide bonds. The molecule has 4 aromatic heterocycles. The molecule has 0 spiro atoms. The van der Waals surface area contributed by atoms with Crippen molar-refractivity contribution in [2.45, 2.75) is 33.4 Å². The maximum absolute atomic E-state index is 13.3. The van der Waals surface area contributed by atoms with Crippen LogP contribution >= 0.6 is 0 Å². The molecule has 1 aromatic carbocycles. The minimum atomic E-state index is -0.271. The maximum atomic E-state index is 13.3. The number of hydrogen-bond donors (Lipinski definition) is 2. The van der Waals surface area contributed by atoms with Crippen LogP contribution < -0.4 is 5.32 Å². The van der Waals surface area contributed by atoms with Crippen LogP contribution in [-0.4, -0.2) is 57.2 Å². The van der Waals surface area contributed by atoms with Crippen LogP contribution in [0.15, 0.2) is 55.1 Å². The zero-order valence-electron chi connectivity index (χ0n) is 19.6. The molecule has 0 atom stereocenters. The van der Waals surface area contributed by atoms with E-state index >= 15 is 0 Å². The molecule has 5 rings (SSSR count). The number of aliphatic hydroxyl groups excluding tert-OH is 1. The average molecular weight is 472 g/mol. The van der Waals surface area contributed by atoms with Gasteiger partial charge in [0.25, 0.3) is 5.91 Å². The Morgan fingerprint density at radius 3 is 2.71 bits per heavy atom. The summed E-state index contributed by atoms with van der Waals surface area (Å²) in [5, 5.41) is 33.4. The van der Waals surface area contributed by atoms with Gasteiger partial charge in [0.1, 0.15) is 0 Å². The number of anilines is 1. The van der Waals surface area contributed by atoms with E-state index in [1.807, 2.05) is 57.3 Å². The van der Waals surface area contributed by atoms with Gasteiger partial charge in [0, 0.05) is 29.2 Å². The Bertz CT molecular complexity index is 1510. The van der Waals surface area contributed by atoms with Crippen LogP contribution in [0.2, 0.25) is 0 Å². The van der Waals surface area contributed by atoms with Crippen molar-refractivity contribution in [3.63, 3.8) is 0 Å². The zero-order valence-corrected chi connectivity index (χ0v) is 19.6. The van der Waals surface area contributed by atoms with Gasteiger partial charge in [0.05, 0.1) is 42.7 Å². The standard InChI is InChI=1S/C24H25N9O2/c1-15(2)33-29-23(28-30-33)18-5-4-16(3)21(10-18)27-24(35)20-13-26-32-7-6-17(11-22(20)32)19-12-25-31(14-19)8-9-34/h4-7,10-15,34H,8-9H2,1-3H3,(H,27,35). The number of fused-ring (bicyclic) bond motifs is 1. The van der Waals surface area contributed by atoms with Crippen molar-refractivity contribution in [1.29, 1.82) is 0 Å². The van der Waals surface area contributed by atoms with E-state index in [2.05, 4.69) is 30.9 Å². The second-order valence-corrected chi connectivity index (χ2v) is 8.53. The number of aromatic nitrogens is 8. The summed E-state index contributed by atoms with van der Waals surface area (Å²) in [6.45, 7) is 6.32. The monoisotopic (exact) mass is 471 g/mol. The quantitative estimate of drug-likeness (QED) is 0.373.